The average molecular weight is 266 g/mol. The third kappa shape index (κ3) is 3.95. The highest BCUT2D eigenvalue weighted by molar-refractivity contribution is 5.77. The molecule has 2 fully saturated rings. The third-order valence-electron chi connectivity index (χ3n) is 5.14. The van der Waals surface area contributed by atoms with E-state index in [0.29, 0.717) is 24.0 Å². The molecule has 1 aliphatic heterocycles. The van der Waals surface area contributed by atoms with Crippen LogP contribution >= 0.6 is 0 Å². The third-order valence-corrected chi connectivity index (χ3v) is 5.14. The monoisotopic (exact) mass is 266 g/mol. The zero-order chi connectivity index (χ0) is 13.8. The summed E-state index contributed by atoms with van der Waals surface area (Å²) in [5.41, 5.74) is 5.93. The van der Waals surface area contributed by atoms with Gasteiger partial charge < -0.3 is 10.6 Å². The summed E-state index contributed by atoms with van der Waals surface area (Å²) in [5.74, 6) is 1.12. The van der Waals surface area contributed by atoms with Gasteiger partial charge in [0.15, 0.2) is 0 Å². The summed E-state index contributed by atoms with van der Waals surface area (Å²) in [5, 5.41) is 0. The molecule has 110 valence electrons. The highest BCUT2D eigenvalue weighted by Gasteiger charge is 2.29. The van der Waals surface area contributed by atoms with E-state index in [1.807, 2.05) is 0 Å². The van der Waals surface area contributed by atoms with Gasteiger partial charge in [0.2, 0.25) is 5.91 Å². The number of hydrogen-bond donors (Lipinski definition) is 1. The minimum atomic E-state index is 0.384. The lowest BCUT2D eigenvalue weighted by Gasteiger charge is -2.39. The molecule has 3 heteroatoms. The normalized spacial score (nSPS) is 36.3. The molecule has 0 aromatic rings. The number of carbonyl (C=O) groups is 1. The standard InChI is InChI=1S/C16H30N2O/c1-12-4-3-5-13(2)18(12)16(19)11-8-14-6-9-15(17)10-7-14/h12-15H,3-11,17H2,1-2H3/t12-,13+,14?,15?. The van der Waals surface area contributed by atoms with Crippen LogP contribution in [0.3, 0.4) is 0 Å². The molecule has 2 aliphatic rings. The molecule has 2 atom stereocenters. The Labute approximate surface area is 117 Å². The first-order chi connectivity index (χ1) is 9.08. The van der Waals surface area contributed by atoms with Gasteiger partial charge in [0.05, 0.1) is 0 Å². The van der Waals surface area contributed by atoms with Gasteiger partial charge in [0.25, 0.3) is 0 Å². The maximum absolute atomic E-state index is 12.4. The van der Waals surface area contributed by atoms with E-state index in [0.717, 1.165) is 31.6 Å². The maximum atomic E-state index is 12.4. The first-order valence-electron chi connectivity index (χ1n) is 8.14. The minimum absolute atomic E-state index is 0.384. The minimum Gasteiger partial charge on any atom is -0.337 e. The molecule has 19 heavy (non-hydrogen) atoms. The molecule has 1 amide bonds. The fraction of sp³-hybridized carbons (Fsp3) is 0.938. The molecule has 0 bridgehead atoms. The summed E-state index contributed by atoms with van der Waals surface area (Å²) in [6.07, 6.45) is 10.2. The molecule has 0 aromatic carbocycles. The number of nitrogens with zero attached hydrogens (tertiary/aromatic N) is 1. The first kappa shape index (κ1) is 14.8. The van der Waals surface area contributed by atoms with Crippen molar-refractivity contribution in [3.05, 3.63) is 0 Å². The molecule has 0 radical (unpaired) electrons. The molecule has 1 heterocycles. The number of rotatable bonds is 3. The second-order valence-corrected chi connectivity index (χ2v) is 6.75. The van der Waals surface area contributed by atoms with E-state index >= 15 is 0 Å². The van der Waals surface area contributed by atoms with Crippen LogP contribution in [0.15, 0.2) is 0 Å². The van der Waals surface area contributed by atoms with Crippen molar-refractivity contribution in [2.45, 2.75) is 89.8 Å². The lowest BCUT2D eigenvalue weighted by atomic mass is 9.83. The lowest BCUT2D eigenvalue weighted by molar-refractivity contribution is -0.137. The van der Waals surface area contributed by atoms with Crippen molar-refractivity contribution in [2.24, 2.45) is 11.7 Å². The number of nitrogens with two attached hydrogens (primary N) is 1. The van der Waals surface area contributed by atoms with Crippen molar-refractivity contribution in [2.75, 3.05) is 0 Å². The van der Waals surface area contributed by atoms with Crippen LogP contribution in [0, 0.1) is 5.92 Å². The van der Waals surface area contributed by atoms with Gasteiger partial charge in [-0.15, -0.1) is 0 Å². The Balaban J connectivity index is 1.77. The SMILES string of the molecule is C[C@@H]1CCC[C@H](C)N1C(=O)CCC1CCC(N)CC1. The van der Waals surface area contributed by atoms with Crippen LogP contribution in [0.2, 0.25) is 0 Å². The first-order valence-corrected chi connectivity index (χ1v) is 8.14. The Hall–Kier alpha value is -0.570. The lowest BCUT2D eigenvalue weighted by Crippen LogP contribution is -2.47. The maximum Gasteiger partial charge on any atom is 0.223 e. The molecule has 2 N–H and O–H groups in total. The Morgan fingerprint density at radius 3 is 2.21 bits per heavy atom. The summed E-state index contributed by atoms with van der Waals surface area (Å²) in [6, 6.07) is 1.29. The number of piperidine rings is 1. The smallest absolute Gasteiger partial charge is 0.223 e. The molecule has 3 nitrogen and oxygen atoms in total. The van der Waals surface area contributed by atoms with Crippen LogP contribution < -0.4 is 5.73 Å². The highest BCUT2D eigenvalue weighted by atomic mass is 16.2. The van der Waals surface area contributed by atoms with Gasteiger partial charge in [-0.25, -0.2) is 0 Å². The van der Waals surface area contributed by atoms with E-state index in [2.05, 4.69) is 18.7 Å². The second-order valence-electron chi connectivity index (χ2n) is 6.75. The molecule has 0 aromatic heterocycles. The Morgan fingerprint density at radius 1 is 1.05 bits per heavy atom. The van der Waals surface area contributed by atoms with Crippen molar-refractivity contribution in [3.63, 3.8) is 0 Å². The fourth-order valence-electron chi connectivity index (χ4n) is 3.85. The number of likely N-dealkylation sites (tertiary alicyclic amines) is 1. The Kier molecular flexibility index (Phi) is 5.26. The van der Waals surface area contributed by atoms with Crippen molar-refractivity contribution >= 4 is 5.91 Å². The molecule has 1 aliphatic carbocycles. The van der Waals surface area contributed by atoms with Gasteiger partial charge >= 0.3 is 0 Å². The van der Waals surface area contributed by atoms with Crippen LogP contribution in [-0.4, -0.2) is 28.9 Å². The van der Waals surface area contributed by atoms with E-state index in [4.69, 9.17) is 5.73 Å². The van der Waals surface area contributed by atoms with Gasteiger partial charge in [-0.1, -0.05) is 0 Å². The Bertz CT molecular complexity index is 287. The average Bonchev–Trinajstić information content (AvgIpc) is 2.38. The molecule has 2 rings (SSSR count). The summed E-state index contributed by atoms with van der Waals surface area (Å²) in [4.78, 5) is 14.6. The fourth-order valence-corrected chi connectivity index (χ4v) is 3.85. The van der Waals surface area contributed by atoms with Crippen molar-refractivity contribution in [1.29, 1.82) is 0 Å². The van der Waals surface area contributed by atoms with E-state index in [1.165, 1.54) is 32.1 Å². The predicted molar refractivity (Wildman–Crippen MR) is 78.8 cm³/mol. The summed E-state index contributed by atoms with van der Waals surface area (Å²) >= 11 is 0. The van der Waals surface area contributed by atoms with Gasteiger partial charge in [0, 0.05) is 24.5 Å². The highest BCUT2D eigenvalue weighted by Crippen LogP contribution is 2.29. The van der Waals surface area contributed by atoms with Gasteiger partial charge in [-0.2, -0.15) is 0 Å². The van der Waals surface area contributed by atoms with Crippen molar-refractivity contribution in [3.8, 4) is 0 Å². The van der Waals surface area contributed by atoms with Crippen LogP contribution in [0.5, 0.6) is 0 Å². The van der Waals surface area contributed by atoms with Crippen LogP contribution in [0.25, 0.3) is 0 Å². The molecule has 1 saturated heterocycles. The van der Waals surface area contributed by atoms with Crippen LogP contribution in [0.4, 0.5) is 0 Å². The zero-order valence-electron chi connectivity index (χ0n) is 12.6. The van der Waals surface area contributed by atoms with Gasteiger partial charge in [0.1, 0.15) is 0 Å². The molecular weight excluding hydrogens is 236 g/mol. The zero-order valence-corrected chi connectivity index (χ0v) is 12.6. The predicted octanol–water partition coefficient (Wildman–Crippen LogP) is 3.07. The van der Waals surface area contributed by atoms with Gasteiger partial charge in [-0.05, 0) is 71.1 Å². The van der Waals surface area contributed by atoms with E-state index in [-0.39, 0.29) is 0 Å². The van der Waals surface area contributed by atoms with Gasteiger partial charge in [-0.3, -0.25) is 4.79 Å². The van der Waals surface area contributed by atoms with E-state index < -0.39 is 0 Å². The van der Waals surface area contributed by atoms with Crippen molar-refractivity contribution in [1.82, 2.24) is 4.90 Å². The molecule has 0 spiro atoms. The van der Waals surface area contributed by atoms with Crippen LogP contribution in [-0.2, 0) is 4.79 Å². The van der Waals surface area contributed by atoms with Crippen molar-refractivity contribution < 1.29 is 4.79 Å². The molecule has 1 saturated carbocycles. The second kappa shape index (κ2) is 6.74. The van der Waals surface area contributed by atoms with Crippen LogP contribution in [0.1, 0.15) is 71.6 Å². The largest absolute Gasteiger partial charge is 0.337 e. The Morgan fingerprint density at radius 2 is 1.63 bits per heavy atom. The number of carbonyl (C=O) groups excluding carboxylic acids is 1. The molecule has 0 unspecified atom stereocenters. The molecular formula is C16H30N2O. The number of amides is 1. The topological polar surface area (TPSA) is 46.3 Å². The summed E-state index contributed by atoms with van der Waals surface area (Å²) < 4.78 is 0. The summed E-state index contributed by atoms with van der Waals surface area (Å²) in [6.45, 7) is 4.40. The number of hydrogen-bond acceptors (Lipinski definition) is 2. The summed E-state index contributed by atoms with van der Waals surface area (Å²) in [7, 11) is 0. The quantitative estimate of drug-likeness (QED) is 0.853. The van der Waals surface area contributed by atoms with E-state index in [1.54, 1.807) is 0 Å². The van der Waals surface area contributed by atoms with E-state index in [9.17, 15) is 4.79 Å².